The lowest BCUT2D eigenvalue weighted by atomic mass is 9.89. The summed E-state index contributed by atoms with van der Waals surface area (Å²) < 4.78 is 0. The second-order valence-electron chi connectivity index (χ2n) is 7.25. The van der Waals surface area contributed by atoms with Gasteiger partial charge < -0.3 is 0 Å². The molecule has 0 spiro atoms. The summed E-state index contributed by atoms with van der Waals surface area (Å²) in [7, 11) is 0. The number of carbonyl (C=O) groups excluding carboxylic acids is 1. The summed E-state index contributed by atoms with van der Waals surface area (Å²) in [6.45, 7) is 1.90. The molecule has 0 radical (unpaired) electrons. The number of nitrogens with zero attached hydrogens (tertiary/aromatic N) is 2. The molecule has 1 amide bonds. The molecule has 5 heteroatoms. The van der Waals surface area contributed by atoms with Crippen molar-refractivity contribution in [1.29, 1.82) is 0 Å². The molecule has 3 aromatic carbocycles. The highest BCUT2D eigenvalue weighted by atomic mass is 16.2. The number of carbonyl (C=O) groups is 1. The summed E-state index contributed by atoms with van der Waals surface area (Å²) in [4.78, 5) is 12.8. The molecular formula is C24H20N4O. The number of fused-ring (bicyclic) bond motifs is 4. The number of aromatic amines is 1. The van der Waals surface area contributed by atoms with Crippen LogP contribution in [0.5, 0.6) is 0 Å². The molecule has 0 saturated carbocycles. The Balaban J connectivity index is 1.43. The van der Waals surface area contributed by atoms with E-state index < -0.39 is 0 Å². The lowest BCUT2D eigenvalue weighted by Gasteiger charge is -2.15. The fourth-order valence-electron chi connectivity index (χ4n) is 4.04. The van der Waals surface area contributed by atoms with Crippen LogP contribution in [0.25, 0.3) is 22.0 Å². The fraction of sp³-hybridized carbons (Fsp3) is 0.125. The Morgan fingerprint density at radius 1 is 1.00 bits per heavy atom. The minimum absolute atomic E-state index is 0.266. The molecular weight excluding hydrogens is 360 g/mol. The molecule has 29 heavy (non-hydrogen) atoms. The van der Waals surface area contributed by atoms with E-state index in [1.807, 2.05) is 43.3 Å². The van der Waals surface area contributed by atoms with Crippen molar-refractivity contribution in [3.05, 3.63) is 89.1 Å². The molecule has 0 bridgehead atoms. The number of H-pyrrole nitrogens is 1. The molecule has 0 atom stereocenters. The summed E-state index contributed by atoms with van der Waals surface area (Å²) in [5.74, 6) is -0.266. The van der Waals surface area contributed by atoms with E-state index in [4.69, 9.17) is 0 Å². The van der Waals surface area contributed by atoms with Gasteiger partial charge in [-0.2, -0.15) is 10.2 Å². The predicted molar refractivity (Wildman–Crippen MR) is 115 cm³/mol. The van der Waals surface area contributed by atoms with Gasteiger partial charge in [0, 0.05) is 16.7 Å². The third-order valence-corrected chi connectivity index (χ3v) is 5.52. The Hall–Kier alpha value is -3.73. The van der Waals surface area contributed by atoms with E-state index in [2.05, 4.69) is 51.1 Å². The van der Waals surface area contributed by atoms with Crippen molar-refractivity contribution in [3.8, 4) is 11.3 Å². The van der Waals surface area contributed by atoms with Crippen LogP contribution < -0.4 is 5.43 Å². The first-order chi connectivity index (χ1) is 14.2. The molecule has 1 aromatic heterocycles. The van der Waals surface area contributed by atoms with Gasteiger partial charge in [-0.15, -0.1) is 0 Å². The Morgan fingerprint density at radius 2 is 1.79 bits per heavy atom. The third-order valence-electron chi connectivity index (χ3n) is 5.52. The number of hydrogen-bond donors (Lipinski definition) is 2. The maximum Gasteiger partial charge on any atom is 0.289 e. The van der Waals surface area contributed by atoms with Crippen LogP contribution in [-0.2, 0) is 12.8 Å². The molecule has 5 rings (SSSR count). The Labute approximate surface area is 168 Å². The standard InChI is InChI=1S/C24H20N4O/c1-15(18-12-6-9-16-7-2-4-10-19(16)18)25-28-24(29)23-21-14-13-17-8-3-5-11-20(17)22(21)26-27-23/h2-12H,13-14H2,1H3,(H,26,27)(H,28,29)/b25-15+. The smallest absolute Gasteiger partial charge is 0.272 e. The van der Waals surface area contributed by atoms with Gasteiger partial charge in [0.2, 0.25) is 0 Å². The highest BCUT2D eigenvalue weighted by molar-refractivity contribution is 6.10. The van der Waals surface area contributed by atoms with E-state index in [0.717, 1.165) is 51.7 Å². The second kappa shape index (κ2) is 7.02. The molecule has 4 aromatic rings. The van der Waals surface area contributed by atoms with Crippen LogP contribution in [0.2, 0.25) is 0 Å². The van der Waals surface area contributed by atoms with Gasteiger partial charge in [-0.3, -0.25) is 9.89 Å². The van der Waals surface area contributed by atoms with Gasteiger partial charge >= 0.3 is 0 Å². The first-order valence-electron chi connectivity index (χ1n) is 9.70. The van der Waals surface area contributed by atoms with Crippen molar-refractivity contribution in [2.45, 2.75) is 19.8 Å². The van der Waals surface area contributed by atoms with Crippen molar-refractivity contribution in [3.63, 3.8) is 0 Å². The molecule has 0 aliphatic heterocycles. The molecule has 1 aliphatic carbocycles. The van der Waals surface area contributed by atoms with E-state index in [1.54, 1.807) is 0 Å². The number of hydrazone groups is 1. The average molecular weight is 380 g/mol. The molecule has 2 N–H and O–H groups in total. The van der Waals surface area contributed by atoms with Gasteiger partial charge in [-0.25, -0.2) is 5.43 Å². The second-order valence-corrected chi connectivity index (χ2v) is 7.25. The zero-order chi connectivity index (χ0) is 19.8. The maximum atomic E-state index is 12.8. The molecule has 0 unspecified atom stereocenters. The number of rotatable bonds is 3. The number of aromatic nitrogens is 2. The maximum absolute atomic E-state index is 12.8. The van der Waals surface area contributed by atoms with Crippen molar-refractivity contribution >= 4 is 22.4 Å². The van der Waals surface area contributed by atoms with Crippen LogP contribution in [0.4, 0.5) is 0 Å². The highest BCUT2D eigenvalue weighted by Gasteiger charge is 2.24. The first-order valence-corrected chi connectivity index (χ1v) is 9.70. The summed E-state index contributed by atoms with van der Waals surface area (Å²) >= 11 is 0. The number of hydrogen-bond acceptors (Lipinski definition) is 3. The summed E-state index contributed by atoms with van der Waals surface area (Å²) in [5, 5.41) is 14.0. The minimum Gasteiger partial charge on any atom is -0.272 e. The van der Waals surface area contributed by atoms with Crippen LogP contribution in [0.3, 0.4) is 0 Å². The normalized spacial score (nSPS) is 13.1. The largest absolute Gasteiger partial charge is 0.289 e. The molecule has 0 fully saturated rings. The van der Waals surface area contributed by atoms with Gasteiger partial charge in [-0.05, 0) is 36.1 Å². The zero-order valence-electron chi connectivity index (χ0n) is 16.1. The molecule has 1 heterocycles. The average Bonchev–Trinajstić information content (AvgIpc) is 3.21. The van der Waals surface area contributed by atoms with E-state index >= 15 is 0 Å². The lowest BCUT2D eigenvalue weighted by molar-refractivity contribution is 0.0949. The van der Waals surface area contributed by atoms with Crippen LogP contribution in [0, 0.1) is 0 Å². The van der Waals surface area contributed by atoms with Crippen LogP contribution in [0.15, 0.2) is 71.8 Å². The van der Waals surface area contributed by atoms with E-state index in [0.29, 0.717) is 5.69 Å². The SMILES string of the molecule is C/C(=N\NC(=O)c1[nH]nc2c1CCc1ccccc1-2)c1cccc2ccccc12. The number of benzene rings is 3. The van der Waals surface area contributed by atoms with Gasteiger partial charge in [0.25, 0.3) is 5.91 Å². The van der Waals surface area contributed by atoms with Crippen molar-refractivity contribution in [2.75, 3.05) is 0 Å². The summed E-state index contributed by atoms with van der Waals surface area (Å²) in [6, 6.07) is 22.4. The van der Waals surface area contributed by atoms with Gasteiger partial charge in [-0.1, -0.05) is 66.7 Å². The van der Waals surface area contributed by atoms with Crippen LogP contribution in [0.1, 0.15) is 34.1 Å². The van der Waals surface area contributed by atoms with Crippen LogP contribution >= 0.6 is 0 Å². The Bertz CT molecular complexity index is 1260. The quantitative estimate of drug-likeness (QED) is 0.406. The van der Waals surface area contributed by atoms with Crippen molar-refractivity contribution in [2.24, 2.45) is 5.10 Å². The molecule has 0 saturated heterocycles. The number of aryl methyl sites for hydroxylation is 1. The first kappa shape index (κ1) is 17.4. The number of amides is 1. The Morgan fingerprint density at radius 3 is 2.72 bits per heavy atom. The van der Waals surface area contributed by atoms with Gasteiger partial charge in [0.05, 0.1) is 11.4 Å². The van der Waals surface area contributed by atoms with Gasteiger partial charge in [0.1, 0.15) is 5.69 Å². The Kier molecular flexibility index (Phi) is 4.21. The van der Waals surface area contributed by atoms with Crippen molar-refractivity contribution < 1.29 is 4.79 Å². The molecule has 142 valence electrons. The number of nitrogens with one attached hydrogen (secondary N) is 2. The predicted octanol–water partition coefficient (Wildman–Crippen LogP) is 4.48. The topological polar surface area (TPSA) is 70.1 Å². The fourth-order valence-corrected chi connectivity index (χ4v) is 4.04. The molecule has 5 nitrogen and oxygen atoms in total. The minimum atomic E-state index is -0.266. The van der Waals surface area contributed by atoms with Crippen molar-refractivity contribution in [1.82, 2.24) is 15.6 Å². The van der Waals surface area contributed by atoms with E-state index in [-0.39, 0.29) is 5.91 Å². The third kappa shape index (κ3) is 3.01. The van der Waals surface area contributed by atoms with Gasteiger partial charge in [0.15, 0.2) is 0 Å². The van der Waals surface area contributed by atoms with E-state index in [9.17, 15) is 4.79 Å². The lowest BCUT2D eigenvalue weighted by Crippen LogP contribution is -2.21. The monoisotopic (exact) mass is 380 g/mol. The summed E-state index contributed by atoms with van der Waals surface area (Å²) in [5.41, 5.74) is 9.14. The zero-order valence-corrected chi connectivity index (χ0v) is 16.1. The summed E-state index contributed by atoms with van der Waals surface area (Å²) in [6.07, 6.45) is 1.69. The highest BCUT2D eigenvalue weighted by Crippen LogP contribution is 2.33. The molecule has 1 aliphatic rings. The van der Waals surface area contributed by atoms with E-state index in [1.165, 1.54) is 5.56 Å². The van der Waals surface area contributed by atoms with Crippen LogP contribution in [-0.4, -0.2) is 21.8 Å².